The maximum Gasteiger partial charge on any atom is 4.00 e. The van der Waals surface area contributed by atoms with Crippen molar-refractivity contribution in [2.24, 2.45) is 0 Å². The Morgan fingerprint density at radius 2 is 0.273 bits per heavy atom. The van der Waals surface area contributed by atoms with Crippen molar-refractivity contribution in [1.29, 1.82) is 0 Å². The summed E-state index contributed by atoms with van der Waals surface area (Å²) in [6.45, 7) is 0. The second-order valence-electron chi connectivity index (χ2n) is 0. The van der Waals surface area contributed by atoms with Crippen LogP contribution in [-0.2, 0) is 90.0 Å². The summed E-state index contributed by atoms with van der Waals surface area (Å²) in [4.78, 5) is 0. The number of rotatable bonds is 0. The number of hydrogen-bond acceptors (Lipinski definition) is 0. The second-order valence-corrected chi connectivity index (χ2v) is 0. The molecule has 0 rings (SSSR count). The first-order valence-electron chi connectivity index (χ1n) is 0. The molecule has 0 fully saturated rings. The third-order valence-corrected chi connectivity index (χ3v) is 0. The van der Waals surface area contributed by atoms with E-state index in [2.05, 4.69) is 0 Å². The molecule has 0 radical (unpaired) electrons. The molecule has 0 saturated carbocycles. The van der Waals surface area contributed by atoms with Crippen molar-refractivity contribution in [2.75, 3.05) is 0 Å². The fraction of sp³-hybridized carbons (Fsp3) is 0. The Labute approximate surface area is 160 Å². The molecular formula is Hf2Lu2O7. The Morgan fingerprint density at radius 3 is 0.273 bits per heavy atom. The van der Waals surface area contributed by atoms with E-state index >= 15 is 0 Å². The first kappa shape index (κ1) is 188. The molecule has 0 heterocycles. The van der Waals surface area contributed by atoms with Crippen LogP contribution in [0.25, 0.3) is 0 Å². The van der Waals surface area contributed by atoms with E-state index in [9.17, 15) is 0 Å². The largest absolute Gasteiger partial charge is 4.00 e. The van der Waals surface area contributed by atoms with Crippen LogP contribution in [0.5, 0.6) is 0 Å². The Hall–Kier alpha value is 3.93. The molecule has 11 heteroatoms. The zero-order chi connectivity index (χ0) is 0. The van der Waals surface area contributed by atoms with Gasteiger partial charge in [-0.1, -0.05) is 0 Å². The van der Waals surface area contributed by atoms with E-state index in [0.717, 1.165) is 0 Å². The van der Waals surface area contributed by atoms with Crippen molar-refractivity contribution in [3.63, 3.8) is 0 Å². The summed E-state index contributed by atoms with van der Waals surface area (Å²) in [6.07, 6.45) is 0. The molecule has 0 aromatic carbocycles. The van der Waals surface area contributed by atoms with Gasteiger partial charge in [0.2, 0.25) is 0 Å². The third kappa shape index (κ3) is 128. The maximum absolute atomic E-state index is 0. The van der Waals surface area contributed by atoms with E-state index in [1.807, 2.05) is 0 Å². The van der Waals surface area contributed by atoms with Crippen molar-refractivity contribution in [3.05, 3.63) is 0 Å². The van der Waals surface area contributed by atoms with Gasteiger partial charge in [-0.05, 0) is 0 Å². The maximum atomic E-state index is 0. The molecule has 0 amide bonds. The second kappa shape index (κ2) is 151. The zero-order valence-corrected chi connectivity index (χ0v) is 14.9. The minimum atomic E-state index is 0. The zero-order valence-electron chi connectivity index (χ0n) is 4.37. The quantitative estimate of drug-likeness (QED) is 0.275. The van der Waals surface area contributed by atoms with Crippen molar-refractivity contribution in [3.8, 4) is 0 Å². The van der Waals surface area contributed by atoms with Crippen LogP contribution in [0.1, 0.15) is 0 Å². The summed E-state index contributed by atoms with van der Waals surface area (Å²) >= 11 is 0. The molecule has 0 aromatic rings. The minimum absolute atomic E-state index is 0. The van der Waals surface area contributed by atoms with Gasteiger partial charge in [0.25, 0.3) is 0 Å². The van der Waals surface area contributed by atoms with Crippen LogP contribution in [0, 0.1) is 73.7 Å². The summed E-state index contributed by atoms with van der Waals surface area (Å²) in [5.41, 5.74) is 0. The van der Waals surface area contributed by atoms with Gasteiger partial charge in [0.15, 0.2) is 0 Å². The summed E-state index contributed by atoms with van der Waals surface area (Å²) < 4.78 is 0. The summed E-state index contributed by atoms with van der Waals surface area (Å²) in [5, 5.41) is 0. The average Bonchev–Trinajstić information content (AvgIpc) is 0. The predicted molar refractivity (Wildman–Crippen MR) is 4.81 cm³/mol. The molecule has 80 valence electrons. The molecule has 0 aromatic heterocycles. The molecule has 0 aliphatic heterocycles. The van der Waals surface area contributed by atoms with Crippen LogP contribution >= 0.6 is 0 Å². The first-order chi connectivity index (χ1) is 0. The van der Waals surface area contributed by atoms with Crippen LogP contribution < -0.4 is 0 Å². The summed E-state index contributed by atoms with van der Waals surface area (Å²) in [7, 11) is 0. The van der Waals surface area contributed by atoms with Crippen LogP contribution in [0.15, 0.2) is 0 Å². The third-order valence-electron chi connectivity index (χ3n) is 0. The van der Waals surface area contributed by atoms with Crippen LogP contribution in [-0.4, -0.2) is 0 Å². The Morgan fingerprint density at radius 1 is 0.273 bits per heavy atom. The van der Waals surface area contributed by atoms with Gasteiger partial charge >= 0.3 is 125 Å². The van der Waals surface area contributed by atoms with Gasteiger partial charge in [-0.2, -0.15) is 0 Å². The van der Waals surface area contributed by atoms with Crippen LogP contribution in [0.2, 0.25) is 0 Å². The molecule has 0 bridgehead atoms. The number of hydrogen-bond donors (Lipinski definition) is 0. The standard InChI is InChI=1S/2Hf.2Lu.7O/q2*+4;2*+3;7*-2. The predicted octanol–water partition coefficient (Wildman–Crippen LogP) is -0.837. The van der Waals surface area contributed by atoms with Gasteiger partial charge in [-0.25, -0.2) is 0 Å². The normalized spacial score (nSPS) is 0. The molecule has 11 heavy (non-hydrogen) atoms. The summed E-state index contributed by atoms with van der Waals surface area (Å²) in [6, 6.07) is 0. The molecule has 0 aliphatic rings. The molecule has 0 N–H and O–H groups in total. The molecular weight excluding hydrogens is 819 g/mol. The van der Waals surface area contributed by atoms with Gasteiger partial charge in [0, 0.05) is 0 Å². The Balaban J connectivity index is 0. The van der Waals surface area contributed by atoms with Crippen molar-refractivity contribution in [1.82, 2.24) is 0 Å². The Bertz CT molecular complexity index is 14.4. The van der Waals surface area contributed by atoms with Gasteiger partial charge in [0.05, 0.1) is 0 Å². The van der Waals surface area contributed by atoms with Gasteiger partial charge < -0.3 is 38.3 Å². The molecule has 0 aliphatic carbocycles. The summed E-state index contributed by atoms with van der Waals surface area (Å²) in [5.74, 6) is 0. The fourth-order valence-electron chi connectivity index (χ4n) is 0. The van der Waals surface area contributed by atoms with Crippen molar-refractivity contribution >= 4 is 0 Å². The first-order valence-corrected chi connectivity index (χ1v) is 0. The molecule has 0 spiro atoms. The molecule has 0 saturated heterocycles. The van der Waals surface area contributed by atoms with E-state index in [1.165, 1.54) is 0 Å². The molecule has 0 atom stereocenters. The van der Waals surface area contributed by atoms with Gasteiger partial charge in [-0.3, -0.25) is 0 Å². The monoisotopic (exact) mass is 822 g/mol. The smallest absolute Gasteiger partial charge is 2.00 e. The van der Waals surface area contributed by atoms with Crippen molar-refractivity contribution in [2.45, 2.75) is 0 Å². The topological polar surface area (TPSA) is 200 Å². The van der Waals surface area contributed by atoms with E-state index in [0.29, 0.717) is 0 Å². The van der Waals surface area contributed by atoms with Crippen LogP contribution in [0.3, 0.4) is 0 Å². The van der Waals surface area contributed by atoms with Gasteiger partial charge in [-0.15, -0.1) is 0 Å². The van der Waals surface area contributed by atoms with Crippen molar-refractivity contribution < 1.29 is 164 Å². The Kier molecular flexibility index (Phi) is 2570. The fourth-order valence-corrected chi connectivity index (χ4v) is 0. The van der Waals surface area contributed by atoms with Gasteiger partial charge in [0.1, 0.15) is 0 Å². The SMILES string of the molecule is [Hf+4].[Hf+4].[Lu+3].[Lu+3].[O-2].[O-2].[O-2].[O-2].[O-2].[O-2].[O-2]. The van der Waals surface area contributed by atoms with Crippen LogP contribution in [0.4, 0.5) is 0 Å². The minimum Gasteiger partial charge on any atom is -2.00 e. The van der Waals surface area contributed by atoms with E-state index < -0.39 is 0 Å². The van der Waals surface area contributed by atoms with E-state index in [1.54, 1.807) is 0 Å². The molecule has 0 unspecified atom stereocenters. The molecule has 7 nitrogen and oxygen atoms in total. The average molecular weight is 819 g/mol. The van der Waals surface area contributed by atoms with E-state index in [4.69, 9.17) is 0 Å². The van der Waals surface area contributed by atoms with E-state index in [-0.39, 0.29) is 164 Å².